The SMILES string of the molecule is C=CCNC(=O)c1cnc(Nc2ccc(N3CCC(F)(F)CC3)cc2)nc1Nc1cccc(N)n1. The fourth-order valence-electron chi connectivity index (χ4n) is 3.58. The molecule has 5 N–H and O–H groups in total. The first-order valence-corrected chi connectivity index (χ1v) is 11.1. The van der Waals surface area contributed by atoms with Crippen molar-refractivity contribution in [2.45, 2.75) is 18.8 Å². The predicted molar refractivity (Wildman–Crippen MR) is 133 cm³/mol. The number of hydrogen-bond donors (Lipinski definition) is 4. The minimum absolute atomic E-state index is 0.148. The van der Waals surface area contributed by atoms with Crippen molar-refractivity contribution in [2.75, 3.05) is 40.9 Å². The molecule has 4 rings (SSSR count). The Hall–Kier alpha value is -4.28. The Labute approximate surface area is 201 Å². The summed E-state index contributed by atoms with van der Waals surface area (Å²) >= 11 is 0. The van der Waals surface area contributed by atoms with E-state index in [1.54, 1.807) is 24.3 Å². The van der Waals surface area contributed by atoms with Crippen molar-refractivity contribution in [2.24, 2.45) is 0 Å². The predicted octanol–water partition coefficient (Wildman–Crippen LogP) is 4.09. The van der Waals surface area contributed by atoms with E-state index in [1.165, 1.54) is 6.20 Å². The van der Waals surface area contributed by atoms with E-state index in [4.69, 9.17) is 5.73 Å². The molecule has 0 radical (unpaired) electrons. The van der Waals surface area contributed by atoms with Crippen molar-refractivity contribution in [3.05, 3.63) is 66.9 Å². The molecule has 0 bridgehead atoms. The Morgan fingerprint density at radius 1 is 1.11 bits per heavy atom. The maximum atomic E-state index is 13.4. The number of pyridine rings is 1. The van der Waals surface area contributed by atoms with Crippen LogP contribution in [0, 0.1) is 0 Å². The van der Waals surface area contributed by atoms with Gasteiger partial charge in [0.1, 0.15) is 23.0 Å². The average Bonchev–Trinajstić information content (AvgIpc) is 2.83. The minimum Gasteiger partial charge on any atom is -0.384 e. The third kappa shape index (κ3) is 6.19. The van der Waals surface area contributed by atoms with Gasteiger partial charge in [0.2, 0.25) is 5.95 Å². The lowest BCUT2D eigenvalue weighted by Crippen LogP contribution is -2.39. The molecular weight excluding hydrogens is 454 g/mol. The molecule has 1 aliphatic heterocycles. The minimum atomic E-state index is -2.59. The van der Waals surface area contributed by atoms with Crippen LogP contribution in [0.3, 0.4) is 0 Å². The van der Waals surface area contributed by atoms with E-state index in [-0.39, 0.29) is 42.6 Å². The summed E-state index contributed by atoms with van der Waals surface area (Å²) in [4.78, 5) is 27.4. The number of carbonyl (C=O) groups is 1. The highest BCUT2D eigenvalue weighted by molar-refractivity contribution is 5.99. The second-order valence-corrected chi connectivity index (χ2v) is 8.04. The molecule has 0 aliphatic carbocycles. The number of benzene rings is 1. The van der Waals surface area contributed by atoms with Gasteiger partial charge in [0.25, 0.3) is 11.8 Å². The van der Waals surface area contributed by atoms with Gasteiger partial charge in [-0.15, -0.1) is 6.58 Å². The molecule has 1 amide bonds. The lowest BCUT2D eigenvalue weighted by atomic mass is 10.1. The van der Waals surface area contributed by atoms with Crippen LogP contribution in [0.4, 0.5) is 43.6 Å². The number of nitrogens with one attached hydrogen (secondary N) is 3. The van der Waals surface area contributed by atoms with Crippen LogP contribution in [-0.2, 0) is 0 Å². The second kappa shape index (κ2) is 10.3. The number of carbonyl (C=O) groups excluding carboxylic acids is 1. The molecule has 0 unspecified atom stereocenters. The third-order valence-corrected chi connectivity index (χ3v) is 5.44. The first kappa shape index (κ1) is 23.9. The Kier molecular flexibility index (Phi) is 7.04. The van der Waals surface area contributed by atoms with E-state index >= 15 is 0 Å². The number of nitrogens with two attached hydrogens (primary N) is 1. The highest BCUT2D eigenvalue weighted by Gasteiger charge is 2.34. The summed E-state index contributed by atoms with van der Waals surface area (Å²) in [6, 6.07) is 12.4. The fourth-order valence-corrected chi connectivity index (χ4v) is 3.58. The van der Waals surface area contributed by atoms with E-state index in [0.717, 1.165) is 5.69 Å². The van der Waals surface area contributed by atoms with Gasteiger partial charge in [-0.2, -0.15) is 4.98 Å². The summed E-state index contributed by atoms with van der Waals surface area (Å²) in [5.41, 5.74) is 7.55. The number of piperidine rings is 1. The number of halogens is 2. The Morgan fingerprint density at radius 2 is 1.86 bits per heavy atom. The van der Waals surface area contributed by atoms with Crippen molar-refractivity contribution in [3.63, 3.8) is 0 Å². The summed E-state index contributed by atoms with van der Waals surface area (Å²) in [6.07, 6.45) is 2.68. The Bertz CT molecular complexity index is 1190. The van der Waals surface area contributed by atoms with Gasteiger partial charge in [-0.25, -0.2) is 18.7 Å². The molecule has 182 valence electrons. The van der Waals surface area contributed by atoms with Gasteiger partial charge >= 0.3 is 0 Å². The molecule has 0 saturated carbocycles. The first-order chi connectivity index (χ1) is 16.8. The van der Waals surface area contributed by atoms with Crippen molar-refractivity contribution < 1.29 is 13.6 Å². The van der Waals surface area contributed by atoms with Crippen molar-refractivity contribution in [1.82, 2.24) is 20.3 Å². The summed E-state index contributed by atoms with van der Waals surface area (Å²) < 4.78 is 26.9. The molecule has 3 heterocycles. The van der Waals surface area contributed by atoms with Crippen LogP contribution in [0.1, 0.15) is 23.2 Å². The topological polar surface area (TPSA) is 121 Å². The van der Waals surface area contributed by atoms with E-state index in [2.05, 4.69) is 37.5 Å². The molecule has 2 aromatic heterocycles. The number of hydrogen-bond acceptors (Lipinski definition) is 8. The maximum absolute atomic E-state index is 13.4. The van der Waals surface area contributed by atoms with Crippen LogP contribution in [0.5, 0.6) is 0 Å². The lowest BCUT2D eigenvalue weighted by molar-refractivity contribution is -0.0220. The molecule has 1 aliphatic rings. The van der Waals surface area contributed by atoms with E-state index in [9.17, 15) is 13.6 Å². The normalized spacial score (nSPS) is 14.7. The van der Waals surface area contributed by atoms with Crippen molar-refractivity contribution >= 4 is 40.7 Å². The Morgan fingerprint density at radius 3 is 2.54 bits per heavy atom. The fraction of sp³-hybridized carbons (Fsp3) is 0.250. The summed E-state index contributed by atoms with van der Waals surface area (Å²) in [7, 11) is 0. The second-order valence-electron chi connectivity index (χ2n) is 8.04. The molecule has 3 aromatic rings. The van der Waals surface area contributed by atoms with Gasteiger partial charge in [-0.05, 0) is 36.4 Å². The van der Waals surface area contributed by atoms with Crippen LogP contribution >= 0.6 is 0 Å². The van der Waals surface area contributed by atoms with Gasteiger partial charge in [0.15, 0.2) is 0 Å². The van der Waals surface area contributed by atoms with Gasteiger partial charge in [0, 0.05) is 50.0 Å². The number of amides is 1. The van der Waals surface area contributed by atoms with Gasteiger partial charge < -0.3 is 26.6 Å². The van der Waals surface area contributed by atoms with Crippen molar-refractivity contribution in [3.8, 4) is 0 Å². The zero-order valence-corrected chi connectivity index (χ0v) is 19.0. The van der Waals surface area contributed by atoms with Gasteiger partial charge in [-0.3, -0.25) is 4.79 Å². The zero-order chi connectivity index (χ0) is 24.8. The molecule has 1 fully saturated rings. The van der Waals surface area contributed by atoms with E-state index < -0.39 is 5.92 Å². The van der Waals surface area contributed by atoms with Crippen LogP contribution in [0.2, 0.25) is 0 Å². The number of aromatic nitrogens is 3. The molecule has 1 saturated heterocycles. The average molecular weight is 481 g/mol. The molecule has 0 atom stereocenters. The number of nitrogen functional groups attached to an aromatic ring is 1. The standard InChI is InChI=1S/C24H26F2N8O/c1-2-12-28-22(35)18-15-29-23(33-21(18)32-20-5-3-4-19(27)31-20)30-16-6-8-17(9-7-16)34-13-10-24(25,26)11-14-34/h2-9,15H,1,10-14H2,(H,28,35)(H4,27,29,30,31,32,33). The smallest absolute Gasteiger partial charge is 0.256 e. The summed E-state index contributed by atoms with van der Waals surface area (Å²) in [6.45, 7) is 4.51. The third-order valence-electron chi connectivity index (χ3n) is 5.44. The highest BCUT2D eigenvalue weighted by atomic mass is 19.3. The van der Waals surface area contributed by atoms with Crippen LogP contribution in [0.25, 0.3) is 0 Å². The van der Waals surface area contributed by atoms with E-state index in [1.807, 2.05) is 29.2 Å². The maximum Gasteiger partial charge on any atom is 0.256 e. The first-order valence-electron chi connectivity index (χ1n) is 11.1. The molecule has 9 nitrogen and oxygen atoms in total. The molecule has 35 heavy (non-hydrogen) atoms. The number of alkyl halides is 2. The molecule has 1 aromatic carbocycles. The van der Waals surface area contributed by atoms with Gasteiger partial charge in [-0.1, -0.05) is 12.1 Å². The largest absolute Gasteiger partial charge is 0.384 e. The molecule has 0 spiro atoms. The van der Waals surface area contributed by atoms with Crippen LogP contribution in [-0.4, -0.2) is 46.4 Å². The highest BCUT2D eigenvalue weighted by Crippen LogP contribution is 2.31. The number of anilines is 6. The summed E-state index contributed by atoms with van der Waals surface area (Å²) in [5.74, 6) is -1.73. The molecule has 11 heteroatoms. The summed E-state index contributed by atoms with van der Waals surface area (Å²) in [5, 5.41) is 8.82. The quantitative estimate of drug-likeness (QED) is 0.356. The van der Waals surface area contributed by atoms with Gasteiger partial charge in [0.05, 0.1) is 0 Å². The number of rotatable bonds is 8. The van der Waals surface area contributed by atoms with Crippen molar-refractivity contribution in [1.29, 1.82) is 0 Å². The van der Waals surface area contributed by atoms with Crippen LogP contribution < -0.4 is 26.6 Å². The van der Waals surface area contributed by atoms with Crippen LogP contribution in [0.15, 0.2) is 61.3 Å². The monoisotopic (exact) mass is 480 g/mol. The zero-order valence-electron chi connectivity index (χ0n) is 19.0. The lowest BCUT2D eigenvalue weighted by Gasteiger charge is -2.33. The van der Waals surface area contributed by atoms with E-state index in [0.29, 0.717) is 30.4 Å². The number of nitrogens with zero attached hydrogens (tertiary/aromatic N) is 4. The Balaban J connectivity index is 1.52. The molecular formula is C24H26F2N8O.